The first-order valence-electron chi connectivity index (χ1n) is 6.38. The minimum atomic E-state index is -0.279. The van der Waals surface area contributed by atoms with E-state index in [0.29, 0.717) is 31.3 Å². The molecule has 0 radical (unpaired) electrons. The molecule has 6 nitrogen and oxygen atoms in total. The van der Waals surface area contributed by atoms with Crippen LogP contribution in [0.4, 0.5) is 0 Å². The Morgan fingerprint density at radius 2 is 2.39 bits per heavy atom. The zero-order valence-electron chi connectivity index (χ0n) is 10.8. The summed E-state index contributed by atoms with van der Waals surface area (Å²) in [6.45, 7) is 5.19. The molecule has 2 heterocycles. The number of carbonyl (C=O) groups is 1. The first-order chi connectivity index (χ1) is 8.66. The second-order valence-corrected chi connectivity index (χ2v) is 4.74. The predicted molar refractivity (Wildman–Crippen MR) is 64.1 cm³/mol. The van der Waals surface area contributed by atoms with Gasteiger partial charge in [0.2, 0.25) is 11.8 Å². The van der Waals surface area contributed by atoms with E-state index in [1.165, 1.54) is 0 Å². The standard InChI is InChI=1S/C12H19N3O3/c1-8(2)11-14-10(18-15-11)5-6-13-12(16)9-4-3-7-17-9/h8-9H,3-7H2,1-2H3,(H,13,16). The highest BCUT2D eigenvalue weighted by molar-refractivity contribution is 5.80. The fraction of sp³-hybridized carbons (Fsp3) is 0.750. The number of hydrogen-bond donors (Lipinski definition) is 1. The van der Waals surface area contributed by atoms with Gasteiger partial charge in [-0.05, 0) is 12.8 Å². The van der Waals surface area contributed by atoms with Crippen molar-refractivity contribution in [3.05, 3.63) is 11.7 Å². The molecule has 100 valence electrons. The summed E-state index contributed by atoms with van der Waals surface area (Å²) in [5.41, 5.74) is 0. The van der Waals surface area contributed by atoms with Crippen LogP contribution >= 0.6 is 0 Å². The molecule has 1 aliphatic rings. The molecule has 1 saturated heterocycles. The van der Waals surface area contributed by atoms with Crippen molar-refractivity contribution in [1.29, 1.82) is 0 Å². The molecule has 1 aromatic heterocycles. The molecule has 1 amide bonds. The van der Waals surface area contributed by atoms with Crippen molar-refractivity contribution in [1.82, 2.24) is 15.5 Å². The lowest BCUT2D eigenvalue weighted by Gasteiger charge is -2.08. The highest BCUT2D eigenvalue weighted by Gasteiger charge is 2.23. The molecule has 0 spiro atoms. The van der Waals surface area contributed by atoms with Crippen LogP contribution < -0.4 is 5.32 Å². The molecular formula is C12H19N3O3. The Morgan fingerprint density at radius 1 is 1.56 bits per heavy atom. The highest BCUT2D eigenvalue weighted by atomic mass is 16.5. The average molecular weight is 253 g/mol. The maximum Gasteiger partial charge on any atom is 0.249 e. The first kappa shape index (κ1) is 13.0. The molecule has 1 N–H and O–H groups in total. The summed E-state index contributed by atoms with van der Waals surface area (Å²) in [4.78, 5) is 15.9. The maximum atomic E-state index is 11.6. The van der Waals surface area contributed by atoms with Gasteiger partial charge in [-0.3, -0.25) is 4.79 Å². The minimum Gasteiger partial charge on any atom is -0.368 e. The minimum absolute atomic E-state index is 0.0453. The van der Waals surface area contributed by atoms with E-state index >= 15 is 0 Å². The van der Waals surface area contributed by atoms with Crippen molar-refractivity contribution in [3.8, 4) is 0 Å². The van der Waals surface area contributed by atoms with Gasteiger partial charge in [0.05, 0.1) is 0 Å². The summed E-state index contributed by atoms with van der Waals surface area (Å²) in [6, 6.07) is 0. The Bertz CT molecular complexity index is 397. The first-order valence-corrected chi connectivity index (χ1v) is 6.38. The Morgan fingerprint density at radius 3 is 3.00 bits per heavy atom. The lowest BCUT2D eigenvalue weighted by Crippen LogP contribution is -2.35. The van der Waals surface area contributed by atoms with Crippen molar-refractivity contribution in [3.63, 3.8) is 0 Å². The number of carbonyl (C=O) groups excluding carboxylic acids is 1. The zero-order valence-corrected chi connectivity index (χ0v) is 10.8. The van der Waals surface area contributed by atoms with Gasteiger partial charge in [0.25, 0.3) is 0 Å². The lowest BCUT2D eigenvalue weighted by molar-refractivity contribution is -0.130. The van der Waals surface area contributed by atoms with Crippen molar-refractivity contribution in [2.75, 3.05) is 13.2 Å². The molecular weight excluding hydrogens is 234 g/mol. The Balaban J connectivity index is 1.72. The summed E-state index contributed by atoms with van der Waals surface area (Å²) < 4.78 is 10.4. The number of amides is 1. The molecule has 1 aliphatic heterocycles. The van der Waals surface area contributed by atoms with Crippen LogP contribution in [0.25, 0.3) is 0 Å². The number of nitrogens with one attached hydrogen (secondary N) is 1. The molecule has 0 saturated carbocycles. The fourth-order valence-corrected chi connectivity index (χ4v) is 1.79. The SMILES string of the molecule is CC(C)c1noc(CCNC(=O)C2CCCO2)n1. The van der Waals surface area contributed by atoms with Gasteiger partial charge < -0.3 is 14.6 Å². The van der Waals surface area contributed by atoms with Crippen LogP contribution in [0.3, 0.4) is 0 Å². The largest absolute Gasteiger partial charge is 0.368 e. The second-order valence-electron chi connectivity index (χ2n) is 4.74. The smallest absolute Gasteiger partial charge is 0.249 e. The average Bonchev–Trinajstić information content (AvgIpc) is 3.00. The van der Waals surface area contributed by atoms with Crippen LogP contribution in [0.5, 0.6) is 0 Å². The molecule has 1 fully saturated rings. The molecule has 1 atom stereocenters. The molecule has 0 aliphatic carbocycles. The van der Waals surface area contributed by atoms with Crippen LogP contribution in [0.1, 0.15) is 44.3 Å². The quantitative estimate of drug-likeness (QED) is 0.848. The topological polar surface area (TPSA) is 77.2 Å². The van der Waals surface area contributed by atoms with Crippen LogP contribution in [-0.2, 0) is 16.0 Å². The third-order valence-corrected chi connectivity index (χ3v) is 2.86. The maximum absolute atomic E-state index is 11.6. The van der Waals surface area contributed by atoms with Gasteiger partial charge in [0.1, 0.15) is 6.10 Å². The van der Waals surface area contributed by atoms with Crippen molar-refractivity contribution in [2.45, 2.75) is 45.1 Å². The number of hydrogen-bond acceptors (Lipinski definition) is 5. The number of ether oxygens (including phenoxy) is 1. The van der Waals surface area contributed by atoms with Crippen molar-refractivity contribution >= 4 is 5.91 Å². The predicted octanol–water partition coefficient (Wildman–Crippen LogP) is 1.03. The molecule has 0 aromatic carbocycles. The van der Waals surface area contributed by atoms with E-state index in [1.54, 1.807) is 0 Å². The van der Waals surface area contributed by atoms with Crippen molar-refractivity contribution in [2.24, 2.45) is 0 Å². The number of rotatable bonds is 5. The Labute approximate surface area is 106 Å². The molecule has 0 bridgehead atoms. The monoisotopic (exact) mass is 253 g/mol. The zero-order chi connectivity index (χ0) is 13.0. The van der Waals surface area contributed by atoms with E-state index < -0.39 is 0 Å². The van der Waals surface area contributed by atoms with Crippen LogP contribution in [0.2, 0.25) is 0 Å². The van der Waals surface area contributed by atoms with E-state index in [1.807, 2.05) is 13.8 Å². The third kappa shape index (κ3) is 3.29. The van der Waals surface area contributed by atoms with Crippen LogP contribution in [0, 0.1) is 0 Å². The molecule has 18 heavy (non-hydrogen) atoms. The second kappa shape index (κ2) is 5.95. The summed E-state index contributed by atoms with van der Waals surface area (Å²) in [5, 5.41) is 6.69. The number of aromatic nitrogens is 2. The van der Waals surface area contributed by atoms with Gasteiger partial charge in [0, 0.05) is 25.5 Å². The fourth-order valence-electron chi connectivity index (χ4n) is 1.79. The summed E-state index contributed by atoms with van der Waals surface area (Å²) in [7, 11) is 0. The van der Waals surface area contributed by atoms with Gasteiger partial charge in [-0.15, -0.1) is 0 Å². The molecule has 1 unspecified atom stereocenters. The summed E-state index contributed by atoms with van der Waals surface area (Å²) in [5.74, 6) is 1.47. The van der Waals surface area contributed by atoms with E-state index in [9.17, 15) is 4.79 Å². The van der Waals surface area contributed by atoms with Gasteiger partial charge in [0.15, 0.2) is 5.82 Å². The normalized spacial score (nSPS) is 19.4. The Kier molecular flexibility index (Phi) is 4.30. The third-order valence-electron chi connectivity index (χ3n) is 2.86. The molecule has 2 rings (SSSR count). The lowest BCUT2D eigenvalue weighted by atomic mass is 10.2. The molecule has 6 heteroatoms. The van der Waals surface area contributed by atoms with Crippen molar-refractivity contribution < 1.29 is 14.1 Å². The van der Waals surface area contributed by atoms with Gasteiger partial charge in [-0.1, -0.05) is 19.0 Å². The molecule has 1 aromatic rings. The van der Waals surface area contributed by atoms with Gasteiger partial charge in [-0.2, -0.15) is 4.98 Å². The number of nitrogens with zero attached hydrogens (tertiary/aromatic N) is 2. The van der Waals surface area contributed by atoms with E-state index in [4.69, 9.17) is 9.26 Å². The van der Waals surface area contributed by atoms with E-state index in [-0.39, 0.29) is 17.9 Å². The Hall–Kier alpha value is -1.43. The van der Waals surface area contributed by atoms with Crippen LogP contribution in [-0.4, -0.2) is 35.3 Å². The summed E-state index contributed by atoms with van der Waals surface area (Å²) >= 11 is 0. The van der Waals surface area contributed by atoms with Crippen LogP contribution in [0.15, 0.2) is 4.52 Å². The van der Waals surface area contributed by atoms with E-state index in [2.05, 4.69) is 15.5 Å². The highest BCUT2D eigenvalue weighted by Crippen LogP contribution is 2.12. The summed E-state index contributed by atoms with van der Waals surface area (Å²) in [6.07, 6.45) is 2.04. The van der Waals surface area contributed by atoms with Gasteiger partial charge >= 0.3 is 0 Å². The van der Waals surface area contributed by atoms with E-state index in [0.717, 1.165) is 12.8 Å². The van der Waals surface area contributed by atoms with Gasteiger partial charge in [-0.25, -0.2) is 0 Å².